The van der Waals surface area contributed by atoms with Crippen LogP contribution >= 0.6 is 0 Å². The summed E-state index contributed by atoms with van der Waals surface area (Å²) in [7, 11) is 1.14. The van der Waals surface area contributed by atoms with Crippen molar-refractivity contribution < 1.29 is 13.7 Å². The molecule has 1 aromatic carbocycles. The molecule has 0 aliphatic carbocycles. The van der Waals surface area contributed by atoms with Gasteiger partial charge >= 0.3 is 7.12 Å². The monoisotopic (exact) mass is 265 g/mol. The van der Waals surface area contributed by atoms with Gasteiger partial charge in [-0.05, 0) is 34.7 Å². The summed E-state index contributed by atoms with van der Waals surface area (Å²) in [6, 6.07) is 5.31. The molecule has 1 fully saturated rings. The first-order valence-electron chi connectivity index (χ1n) is 6.56. The third-order valence-corrected chi connectivity index (χ3v) is 3.98. The number of hydrogen-bond acceptors (Lipinski definition) is 3. The fourth-order valence-corrected chi connectivity index (χ4v) is 2.08. The second kappa shape index (κ2) is 4.89. The van der Waals surface area contributed by atoms with Crippen LogP contribution in [0.4, 0.5) is 4.39 Å². The van der Waals surface area contributed by atoms with Crippen LogP contribution in [0.3, 0.4) is 0 Å². The van der Waals surface area contributed by atoms with E-state index in [0.717, 1.165) is 0 Å². The van der Waals surface area contributed by atoms with Crippen molar-refractivity contribution in [2.75, 3.05) is 7.05 Å². The Hall–Kier alpha value is -0.905. The van der Waals surface area contributed by atoms with Crippen LogP contribution in [0, 0.1) is 5.82 Å². The normalized spacial score (nSPS) is 20.8. The molecule has 1 aliphatic heterocycles. The largest absolute Gasteiger partial charge is 0.497 e. The van der Waals surface area contributed by atoms with Crippen LogP contribution in [0.1, 0.15) is 33.3 Å². The molecule has 1 heterocycles. The molecule has 2 rings (SSSR count). The molecule has 1 aliphatic rings. The van der Waals surface area contributed by atoms with Gasteiger partial charge in [0.2, 0.25) is 0 Å². The van der Waals surface area contributed by atoms with E-state index in [1.807, 2.05) is 33.8 Å². The maximum atomic E-state index is 14.4. The van der Waals surface area contributed by atoms with Crippen molar-refractivity contribution in [3.8, 4) is 0 Å². The van der Waals surface area contributed by atoms with Crippen LogP contribution < -0.4 is 10.8 Å². The molecule has 0 radical (unpaired) electrons. The summed E-state index contributed by atoms with van der Waals surface area (Å²) in [6.07, 6.45) is 0. The smallest absolute Gasteiger partial charge is 0.399 e. The number of nitrogens with one attached hydrogen (secondary N) is 1. The van der Waals surface area contributed by atoms with Gasteiger partial charge in [0, 0.05) is 17.6 Å². The van der Waals surface area contributed by atoms with Gasteiger partial charge in [-0.25, -0.2) is 4.39 Å². The fourth-order valence-electron chi connectivity index (χ4n) is 2.08. The lowest BCUT2D eigenvalue weighted by Crippen LogP contribution is -2.41. The van der Waals surface area contributed by atoms with Crippen molar-refractivity contribution >= 4 is 12.6 Å². The molecule has 0 spiro atoms. The van der Waals surface area contributed by atoms with E-state index in [9.17, 15) is 4.39 Å². The third kappa shape index (κ3) is 2.55. The molecule has 19 heavy (non-hydrogen) atoms. The molecule has 0 aromatic heterocycles. The van der Waals surface area contributed by atoms with Gasteiger partial charge in [0.25, 0.3) is 0 Å². The van der Waals surface area contributed by atoms with Crippen molar-refractivity contribution in [1.29, 1.82) is 0 Å². The molecule has 5 heteroatoms. The van der Waals surface area contributed by atoms with E-state index < -0.39 is 18.3 Å². The van der Waals surface area contributed by atoms with Crippen LogP contribution in [0.5, 0.6) is 0 Å². The zero-order chi connectivity index (χ0) is 14.3. The highest BCUT2D eigenvalue weighted by Gasteiger charge is 2.52. The van der Waals surface area contributed by atoms with E-state index in [2.05, 4.69) is 5.32 Å². The molecule has 3 nitrogen and oxygen atoms in total. The predicted octanol–water partition coefficient (Wildman–Crippen LogP) is 1.84. The van der Waals surface area contributed by atoms with E-state index in [0.29, 0.717) is 17.6 Å². The van der Waals surface area contributed by atoms with Crippen molar-refractivity contribution in [3.63, 3.8) is 0 Å². The minimum Gasteiger partial charge on any atom is -0.399 e. The number of rotatable bonds is 3. The van der Waals surface area contributed by atoms with Crippen molar-refractivity contribution in [2.45, 2.75) is 45.4 Å². The van der Waals surface area contributed by atoms with Crippen molar-refractivity contribution in [1.82, 2.24) is 5.32 Å². The van der Waals surface area contributed by atoms with Gasteiger partial charge in [0.05, 0.1) is 11.2 Å². The second-order valence-corrected chi connectivity index (χ2v) is 5.94. The van der Waals surface area contributed by atoms with Crippen molar-refractivity contribution in [2.24, 2.45) is 0 Å². The Kier molecular flexibility index (Phi) is 3.73. The SMILES string of the molecule is CNCc1cccc(B2OC(C)(C)C(C)(C)O2)c1F. The van der Waals surface area contributed by atoms with Crippen LogP contribution in [0.25, 0.3) is 0 Å². The lowest BCUT2D eigenvalue weighted by Gasteiger charge is -2.32. The molecule has 1 N–H and O–H groups in total. The van der Waals surface area contributed by atoms with Crippen LogP contribution in [-0.4, -0.2) is 25.4 Å². The van der Waals surface area contributed by atoms with E-state index in [1.165, 1.54) is 0 Å². The van der Waals surface area contributed by atoms with E-state index in [1.54, 1.807) is 19.2 Å². The Morgan fingerprint density at radius 2 is 1.74 bits per heavy atom. The minimum absolute atomic E-state index is 0.254. The fraction of sp³-hybridized carbons (Fsp3) is 0.571. The summed E-state index contributed by atoms with van der Waals surface area (Å²) in [6.45, 7) is 8.33. The first-order valence-corrected chi connectivity index (χ1v) is 6.56. The van der Waals surface area contributed by atoms with E-state index >= 15 is 0 Å². The highest BCUT2D eigenvalue weighted by atomic mass is 19.1. The quantitative estimate of drug-likeness (QED) is 0.846. The molecule has 0 bridgehead atoms. The zero-order valence-corrected chi connectivity index (χ0v) is 12.2. The molecule has 1 aromatic rings. The van der Waals surface area contributed by atoms with Crippen LogP contribution in [0.15, 0.2) is 18.2 Å². The topological polar surface area (TPSA) is 30.5 Å². The first kappa shape index (κ1) is 14.5. The Morgan fingerprint density at radius 1 is 1.16 bits per heavy atom. The van der Waals surface area contributed by atoms with Gasteiger partial charge in [-0.15, -0.1) is 0 Å². The molecular weight excluding hydrogens is 244 g/mol. The number of hydrogen-bond donors (Lipinski definition) is 1. The molecule has 0 atom stereocenters. The summed E-state index contributed by atoms with van der Waals surface area (Å²) in [5.41, 5.74) is 0.174. The first-order chi connectivity index (χ1) is 8.78. The number of benzene rings is 1. The van der Waals surface area contributed by atoms with Gasteiger partial charge < -0.3 is 14.6 Å². The van der Waals surface area contributed by atoms with Gasteiger partial charge in [-0.1, -0.05) is 18.2 Å². The summed E-state index contributed by atoms with van der Waals surface area (Å²) >= 11 is 0. The maximum absolute atomic E-state index is 14.4. The molecule has 1 saturated heterocycles. The average molecular weight is 265 g/mol. The standard InChI is InChI=1S/C14H21BFNO2/c1-13(2)14(3,4)19-15(18-13)11-8-6-7-10(9-17-5)12(11)16/h6-8,17H,9H2,1-5H3. The van der Waals surface area contributed by atoms with Gasteiger partial charge in [0.15, 0.2) is 0 Å². The molecule has 104 valence electrons. The predicted molar refractivity (Wildman–Crippen MR) is 74.9 cm³/mol. The van der Waals surface area contributed by atoms with E-state index in [4.69, 9.17) is 9.31 Å². The summed E-state index contributed by atoms with van der Waals surface area (Å²) in [5, 5.41) is 2.95. The third-order valence-electron chi connectivity index (χ3n) is 3.98. The molecule has 0 unspecified atom stereocenters. The summed E-state index contributed by atoms with van der Waals surface area (Å²) in [5.74, 6) is -0.254. The van der Waals surface area contributed by atoms with Gasteiger partial charge in [-0.3, -0.25) is 0 Å². The van der Waals surface area contributed by atoms with Gasteiger partial charge in [-0.2, -0.15) is 0 Å². The Labute approximate surface area is 114 Å². The Bertz CT molecular complexity index is 461. The van der Waals surface area contributed by atoms with Crippen LogP contribution in [-0.2, 0) is 15.9 Å². The molecular formula is C14H21BFNO2. The highest BCUT2D eigenvalue weighted by Crippen LogP contribution is 2.36. The zero-order valence-electron chi connectivity index (χ0n) is 12.2. The lowest BCUT2D eigenvalue weighted by molar-refractivity contribution is 0.00578. The van der Waals surface area contributed by atoms with Crippen LogP contribution in [0.2, 0.25) is 0 Å². The summed E-state index contributed by atoms with van der Waals surface area (Å²) in [4.78, 5) is 0. The van der Waals surface area contributed by atoms with E-state index in [-0.39, 0.29) is 5.82 Å². The molecule has 0 amide bonds. The maximum Gasteiger partial charge on any atom is 0.497 e. The Morgan fingerprint density at radius 3 is 2.26 bits per heavy atom. The highest BCUT2D eigenvalue weighted by molar-refractivity contribution is 6.62. The van der Waals surface area contributed by atoms with Crippen molar-refractivity contribution in [3.05, 3.63) is 29.6 Å². The molecule has 0 saturated carbocycles. The average Bonchev–Trinajstić information content (AvgIpc) is 2.51. The minimum atomic E-state index is -0.651. The second-order valence-electron chi connectivity index (χ2n) is 5.94. The van der Waals surface area contributed by atoms with Gasteiger partial charge in [0.1, 0.15) is 5.82 Å². The Balaban J connectivity index is 2.32. The lowest BCUT2D eigenvalue weighted by atomic mass is 9.78. The summed E-state index contributed by atoms with van der Waals surface area (Å²) < 4.78 is 26.2. The number of halogens is 1.